The van der Waals surface area contributed by atoms with Gasteiger partial charge in [0.25, 0.3) is 0 Å². The summed E-state index contributed by atoms with van der Waals surface area (Å²) in [6, 6.07) is 5.73. The summed E-state index contributed by atoms with van der Waals surface area (Å²) in [7, 11) is -2.03. The van der Waals surface area contributed by atoms with Crippen molar-refractivity contribution in [2.45, 2.75) is 11.8 Å². The van der Waals surface area contributed by atoms with Crippen LogP contribution in [-0.2, 0) is 19.4 Å². The predicted molar refractivity (Wildman–Crippen MR) is 85.8 cm³/mol. The van der Waals surface area contributed by atoms with Gasteiger partial charge in [-0.2, -0.15) is 0 Å². The minimum Gasteiger partial charge on any atom is -0.465 e. The number of benzene rings is 1. The fraction of sp³-hybridized carbons (Fsp3) is 0.176. The monoisotopic (exact) mass is 332 g/mol. The van der Waals surface area contributed by atoms with E-state index in [9.17, 15) is 18.0 Å². The number of ketones is 1. The standard InChI is InChI=1S/C9H10O4S.C8H6O/c1-13-9(10)7-4-3-5-8(6-7)14(2,11)12;1-5-4-6-2-3-7(5)8(6)9/h3-6H,1-2H3;2-4H,1H3. The Hall–Kier alpha value is -2.47. The summed E-state index contributed by atoms with van der Waals surface area (Å²) in [5.41, 5.74) is 3.07. The molecule has 1 aromatic carbocycles. The van der Waals surface area contributed by atoms with E-state index in [1.54, 1.807) is 0 Å². The normalized spacial score (nSPS) is 15.3. The molecule has 0 saturated heterocycles. The summed E-state index contributed by atoms with van der Waals surface area (Å²) in [5, 5.41) is 0. The molecule has 23 heavy (non-hydrogen) atoms. The number of methoxy groups -OCH3 is 1. The number of esters is 1. The Balaban J connectivity index is 0.000000182. The summed E-state index contributed by atoms with van der Waals surface area (Å²) in [4.78, 5) is 22.2. The number of fused-ring (bicyclic) bond motifs is 2. The molecule has 1 aromatic rings. The third kappa shape index (κ3) is 3.65. The predicted octanol–water partition coefficient (Wildman–Crippen LogP) is 2.26. The van der Waals surface area contributed by atoms with Gasteiger partial charge in [-0.05, 0) is 36.8 Å². The molecular weight excluding hydrogens is 316 g/mol. The molecule has 0 aromatic heterocycles. The summed E-state index contributed by atoms with van der Waals surface area (Å²) in [6.45, 7) is 1.96. The van der Waals surface area contributed by atoms with Crippen LogP contribution in [0.2, 0.25) is 0 Å². The SMILES string of the molecule is CC1=C2C=CC(=C1)C2=O.COC(=O)c1cccc(S(C)(=O)=O)c1. The number of allylic oxidation sites excluding steroid dienone is 6. The van der Waals surface area contributed by atoms with Gasteiger partial charge in [0.1, 0.15) is 0 Å². The van der Waals surface area contributed by atoms with Gasteiger partial charge in [0.15, 0.2) is 15.6 Å². The van der Waals surface area contributed by atoms with Gasteiger partial charge in [-0.25, -0.2) is 13.2 Å². The summed E-state index contributed by atoms with van der Waals surface area (Å²) in [6.07, 6.45) is 6.76. The molecule has 0 heterocycles. The van der Waals surface area contributed by atoms with Gasteiger partial charge < -0.3 is 4.74 Å². The molecule has 0 aliphatic heterocycles. The van der Waals surface area contributed by atoms with Gasteiger partial charge in [0.2, 0.25) is 0 Å². The largest absolute Gasteiger partial charge is 0.465 e. The van der Waals surface area contributed by atoms with Crippen molar-refractivity contribution in [2.24, 2.45) is 0 Å². The average Bonchev–Trinajstić information content (AvgIpc) is 3.00. The zero-order valence-corrected chi connectivity index (χ0v) is 13.8. The zero-order valence-electron chi connectivity index (χ0n) is 13.0. The number of rotatable bonds is 2. The molecule has 0 spiro atoms. The number of sulfone groups is 1. The highest BCUT2D eigenvalue weighted by Gasteiger charge is 2.24. The van der Waals surface area contributed by atoms with Crippen molar-refractivity contribution in [1.82, 2.24) is 0 Å². The molecule has 2 bridgehead atoms. The second kappa shape index (κ2) is 6.34. The van der Waals surface area contributed by atoms with E-state index in [0.717, 1.165) is 23.0 Å². The van der Waals surface area contributed by atoms with E-state index < -0.39 is 15.8 Å². The van der Waals surface area contributed by atoms with Gasteiger partial charge in [0, 0.05) is 17.4 Å². The van der Waals surface area contributed by atoms with Crippen molar-refractivity contribution >= 4 is 21.6 Å². The molecule has 120 valence electrons. The highest BCUT2D eigenvalue weighted by atomic mass is 32.2. The molecule has 5 nitrogen and oxygen atoms in total. The van der Waals surface area contributed by atoms with E-state index >= 15 is 0 Å². The third-order valence-electron chi connectivity index (χ3n) is 3.42. The maximum absolute atomic E-state index is 11.1. The minimum absolute atomic E-state index is 0.111. The average molecular weight is 332 g/mol. The number of ether oxygens (including phenoxy) is 1. The van der Waals surface area contributed by atoms with E-state index in [2.05, 4.69) is 4.74 Å². The highest BCUT2D eigenvalue weighted by Crippen LogP contribution is 2.29. The van der Waals surface area contributed by atoms with Crippen LogP contribution in [0.4, 0.5) is 0 Å². The van der Waals surface area contributed by atoms with Crippen LogP contribution < -0.4 is 0 Å². The van der Waals surface area contributed by atoms with Crippen LogP contribution in [0.3, 0.4) is 0 Å². The quantitative estimate of drug-likeness (QED) is 0.776. The molecule has 0 fully saturated rings. The lowest BCUT2D eigenvalue weighted by molar-refractivity contribution is -0.111. The van der Waals surface area contributed by atoms with Crippen LogP contribution >= 0.6 is 0 Å². The Morgan fingerprint density at radius 2 is 1.87 bits per heavy atom. The number of hydrogen-bond donors (Lipinski definition) is 0. The Labute approximate surface area is 134 Å². The van der Waals surface area contributed by atoms with Gasteiger partial charge in [-0.1, -0.05) is 18.2 Å². The van der Waals surface area contributed by atoms with Crippen molar-refractivity contribution in [3.8, 4) is 0 Å². The van der Waals surface area contributed by atoms with Crippen LogP contribution in [-0.4, -0.2) is 33.5 Å². The van der Waals surface area contributed by atoms with Crippen molar-refractivity contribution < 1.29 is 22.7 Å². The van der Waals surface area contributed by atoms with Crippen LogP contribution in [0.1, 0.15) is 17.3 Å². The molecule has 3 rings (SSSR count). The number of hydrogen-bond acceptors (Lipinski definition) is 5. The fourth-order valence-corrected chi connectivity index (χ4v) is 2.85. The molecule has 0 N–H and O–H groups in total. The number of Topliss-reactive ketones (excluding diaryl/α,β-unsaturated/α-hetero) is 1. The van der Waals surface area contributed by atoms with Gasteiger partial charge in [-0.15, -0.1) is 0 Å². The molecule has 0 saturated carbocycles. The maximum Gasteiger partial charge on any atom is 0.337 e. The first-order chi connectivity index (χ1) is 10.7. The molecular formula is C17H16O5S. The lowest BCUT2D eigenvalue weighted by Crippen LogP contribution is -2.04. The topological polar surface area (TPSA) is 77.5 Å². The lowest BCUT2D eigenvalue weighted by atomic mass is 10.2. The van der Waals surface area contributed by atoms with Gasteiger partial charge in [0.05, 0.1) is 17.6 Å². The van der Waals surface area contributed by atoms with Crippen molar-refractivity contribution in [1.29, 1.82) is 0 Å². The molecule has 0 radical (unpaired) electrons. The molecule has 0 atom stereocenters. The van der Waals surface area contributed by atoms with E-state index in [1.165, 1.54) is 31.4 Å². The second-order valence-electron chi connectivity index (χ2n) is 5.15. The first-order valence-electron chi connectivity index (χ1n) is 6.78. The molecule has 6 heteroatoms. The second-order valence-corrected chi connectivity index (χ2v) is 7.17. The van der Waals surface area contributed by atoms with Crippen LogP contribution in [0.25, 0.3) is 0 Å². The number of carbonyl (C=O) groups excluding carboxylic acids is 2. The Morgan fingerprint density at radius 3 is 2.26 bits per heavy atom. The van der Waals surface area contributed by atoms with Crippen LogP contribution in [0, 0.1) is 0 Å². The fourth-order valence-electron chi connectivity index (χ4n) is 2.19. The maximum atomic E-state index is 11.1. The third-order valence-corrected chi connectivity index (χ3v) is 4.53. The van der Waals surface area contributed by atoms with Crippen LogP contribution in [0.5, 0.6) is 0 Å². The van der Waals surface area contributed by atoms with Crippen LogP contribution in [0.15, 0.2) is 64.1 Å². The first kappa shape index (κ1) is 16.9. The van der Waals surface area contributed by atoms with Gasteiger partial charge >= 0.3 is 5.97 Å². The molecule has 0 amide bonds. The zero-order chi connectivity index (χ0) is 17.2. The lowest BCUT2D eigenvalue weighted by Gasteiger charge is -2.01. The summed E-state index contributed by atoms with van der Waals surface area (Å²) >= 11 is 0. The van der Waals surface area contributed by atoms with Crippen molar-refractivity contribution in [2.75, 3.05) is 13.4 Å². The molecule has 2 aliphatic carbocycles. The minimum atomic E-state index is -3.27. The van der Waals surface area contributed by atoms with E-state index in [-0.39, 0.29) is 16.2 Å². The highest BCUT2D eigenvalue weighted by molar-refractivity contribution is 7.90. The summed E-state index contributed by atoms with van der Waals surface area (Å²) in [5.74, 6) is -0.344. The smallest absolute Gasteiger partial charge is 0.337 e. The molecule has 2 aliphatic rings. The summed E-state index contributed by atoms with van der Waals surface area (Å²) < 4.78 is 26.8. The van der Waals surface area contributed by atoms with E-state index in [4.69, 9.17) is 0 Å². The van der Waals surface area contributed by atoms with Crippen molar-refractivity contribution in [3.63, 3.8) is 0 Å². The Morgan fingerprint density at radius 1 is 1.17 bits per heavy atom. The molecule has 0 unspecified atom stereocenters. The first-order valence-corrected chi connectivity index (χ1v) is 8.67. The Kier molecular flexibility index (Phi) is 4.65. The number of carbonyl (C=O) groups is 2. The van der Waals surface area contributed by atoms with E-state index in [1.807, 2.05) is 25.2 Å². The van der Waals surface area contributed by atoms with Crippen molar-refractivity contribution in [3.05, 3.63) is 64.8 Å². The van der Waals surface area contributed by atoms with Gasteiger partial charge in [-0.3, -0.25) is 4.79 Å². The van der Waals surface area contributed by atoms with E-state index in [0.29, 0.717) is 0 Å². The Bertz CT molecular complexity index is 870.